The molecule has 18 heavy (non-hydrogen) atoms. The summed E-state index contributed by atoms with van der Waals surface area (Å²) in [4.78, 5) is 4.16. The van der Waals surface area contributed by atoms with Crippen LogP contribution in [-0.4, -0.2) is 4.98 Å². The van der Waals surface area contributed by atoms with Gasteiger partial charge in [-0.15, -0.1) is 0 Å². The van der Waals surface area contributed by atoms with Crippen LogP contribution in [0.5, 0.6) is 11.6 Å². The van der Waals surface area contributed by atoms with Gasteiger partial charge in [-0.1, -0.05) is 26.0 Å². The minimum absolute atomic E-state index is 0.481. The molecule has 0 fully saturated rings. The lowest BCUT2D eigenvalue weighted by Gasteiger charge is -2.09. The molecule has 0 saturated heterocycles. The number of pyridine rings is 1. The summed E-state index contributed by atoms with van der Waals surface area (Å²) in [5.74, 6) is 1.86. The molecular formula is C15H18N2O. The second-order valence-corrected chi connectivity index (χ2v) is 4.71. The maximum absolute atomic E-state index is 5.74. The number of hydrogen-bond donors (Lipinski definition) is 1. The van der Waals surface area contributed by atoms with Gasteiger partial charge >= 0.3 is 0 Å². The molecule has 2 N–H and O–H groups in total. The molecular weight excluding hydrogens is 224 g/mol. The number of nitrogens with zero attached hydrogens (tertiary/aromatic N) is 1. The van der Waals surface area contributed by atoms with E-state index in [-0.39, 0.29) is 0 Å². The highest BCUT2D eigenvalue weighted by Gasteiger charge is 2.04. The summed E-state index contributed by atoms with van der Waals surface area (Å²) in [6.07, 6.45) is 1.62. The molecule has 1 aromatic heterocycles. The first-order valence-corrected chi connectivity index (χ1v) is 6.06. The lowest BCUT2D eigenvalue weighted by atomic mass is 10.0. The standard InChI is InChI=1S/C15H18N2O/c1-10(2)12-5-4-6-13(8-12)18-15-7-11(3)14(16)9-17-15/h4-10H,16H2,1-3H3. The number of anilines is 1. The van der Waals surface area contributed by atoms with Gasteiger partial charge in [0.1, 0.15) is 5.75 Å². The highest BCUT2D eigenvalue weighted by atomic mass is 16.5. The first-order valence-electron chi connectivity index (χ1n) is 6.06. The quantitative estimate of drug-likeness (QED) is 0.888. The van der Waals surface area contributed by atoms with Crippen molar-refractivity contribution in [2.45, 2.75) is 26.7 Å². The van der Waals surface area contributed by atoms with Crippen molar-refractivity contribution in [2.24, 2.45) is 0 Å². The Labute approximate surface area is 108 Å². The van der Waals surface area contributed by atoms with Gasteiger partial charge in [0.2, 0.25) is 5.88 Å². The minimum Gasteiger partial charge on any atom is -0.439 e. The number of nitrogen functional groups attached to an aromatic ring is 1. The fourth-order valence-electron chi connectivity index (χ4n) is 1.65. The molecule has 2 aromatic rings. The lowest BCUT2D eigenvalue weighted by Crippen LogP contribution is -1.94. The van der Waals surface area contributed by atoms with Crippen LogP contribution in [0.1, 0.15) is 30.9 Å². The monoisotopic (exact) mass is 242 g/mol. The highest BCUT2D eigenvalue weighted by Crippen LogP contribution is 2.25. The van der Waals surface area contributed by atoms with Gasteiger partial charge < -0.3 is 10.5 Å². The van der Waals surface area contributed by atoms with Gasteiger partial charge in [0.25, 0.3) is 0 Å². The summed E-state index contributed by atoms with van der Waals surface area (Å²) >= 11 is 0. The third kappa shape index (κ3) is 2.80. The minimum atomic E-state index is 0.481. The van der Waals surface area contributed by atoms with E-state index in [4.69, 9.17) is 10.5 Å². The van der Waals surface area contributed by atoms with E-state index in [1.165, 1.54) is 5.56 Å². The second-order valence-electron chi connectivity index (χ2n) is 4.71. The SMILES string of the molecule is Cc1cc(Oc2cccc(C(C)C)c2)ncc1N. The average Bonchev–Trinajstić information content (AvgIpc) is 2.34. The zero-order chi connectivity index (χ0) is 13.1. The number of aromatic nitrogens is 1. The van der Waals surface area contributed by atoms with Crippen molar-refractivity contribution in [1.82, 2.24) is 4.98 Å². The average molecular weight is 242 g/mol. The number of nitrogens with two attached hydrogens (primary N) is 1. The zero-order valence-electron chi connectivity index (χ0n) is 11.0. The molecule has 0 amide bonds. The number of rotatable bonds is 3. The van der Waals surface area contributed by atoms with Crippen molar-refractivity contribution in [1.29, 1.82) is 0 Å². The van der Waals surface area contributed by atoms with Crippen LogP contribution in [0.2, 0.25) is 0 Å². The van der Waals surface area contributed by atoms with Gasteiger partial charge in [-0.2, -0.15) is 0 Å². The smallest absolute Gasteiger partial charge is 0.219 e. The maximum atomic E-state index is 5.74. The summed E-state index contributed by atoms with van der Waals surface area (Å²) in [6.45, 7) is 6.25. The Kier molecular flexibility index (Phi) is 3.51. The van der Waals surface area contributed by atoms with Gasteiger partial charge in [-0.05, 0) is 36.1 Å². The van der Waals surface area contributed by atoms with Crippen LogP contribution in [0.4, 0.5) is 5.69 Å². The van der Waals surface area contributed by atoms with Crippen LogP contribution < -0.4 is 10.5 Å². The van der Waals surface area contributed by atoms with Gasteiger partial charge in [0.05, 0.1) is 11.9 Å². The van der Waals surface area contributed by atoms with Gasteiger partial charge in [-0.25, -0.2) is 4.98 Å². The van der Waals surface area contributed by atoms with Crippen LogP contribution in [0.15, 0.2) is 36.5 Å². The Morgan fingerprint density at radius 2 is 2.00 bits per heavy atom. The van der Waals surface area contributed by atoms with E-state index < -0.39 is 0 Å². The van der Waals surface area contributed by atoms with Crippen LogP contribution >= 0.6 is 0 Å². The van der Waals surface area contributed by atoms with Gasteiger partial charge in [0, 0.05) is 6.07 Å². The summed E-state index contributed by atoms with van der Waals surface area (Å²) in [7, 11) is 0. The number of hydrogen-bond acceptors (Lipinski definition) is 3. The maximum Gasteiger partial charge on any atom is 0.219 e. The summed E-state index contributed by atoms with van der Waals surface area (Å²) in [6, 6.07) is 9.91. The zero-order valence-corrected chi connectivity index (χ0v) is 11.0. The third-order valence-electron chi connectivity index (χ3n) is 2.87. The van der Waals surface area contributed by atoms with Gasteiger partial charge in [-0.3, -0.25) is 0 Å². The molecule has 0 aliphatic carbocycles. The van der Waals surface area contributed by atoms with Crippen molar-refractivity contribution in [3.63, 3.8) is 0 Å². The summed E-state index contributed by atoms with van der Waals surface area (Å²) in [5.41, 5.74) is 8.63. The molecule has 3 nitrogen and oxygen atoms in total. The van der Waals surface area contributed by atoms with E-state index in [1.54, 1.807) is 6.20 Å². The third-order valence-corrected chi connectivity index (χ3v) is 2.87. The predicted octanol–water partition coefficient (Wildman–Crippen LogP) is 3.89. The molecule has 0 unspecified atom stereocenters. The van der Waals surface area contributed by atoms with E-state index >= 15 is 0 Å². The van der Waals surface area contributed by atoms with Crippen molar-refractivity contribution >= 4 is 5.69 Å². The Hall–Kier alpha value is -2.03. The van der Waals surface area contributed by atoms with Crippen molar-refractivity contribution in [2.75, 3.05) is 5.73 Å². The van der Waals surface area contributed by atoms with Crippen molar-refractivity contribution < 1.29 is 4.74 Å². The van der Waals surface area contributed by atoms with E-state index in [0.29, 0.717) is 17.5 Å². The molecule has 0 aliphatic rings. The lowest BCUT2D eigenvalue weighted by molar-refractivity contribution is 0.461. The molecule has 94 valence electrons. The van der Waals surface area contributed by atoms with E-state index in [1.807, 2.05) is 31.2 Å². The summed E-state index contributed by atoms with van der Waals surface area (Å²) in [5, 5.41) is 0. The Morgan fingerprint density at radius 1 is 1.22 bits per heavy atom. The molecule has 0 radical (unpaired) electrons. The normalized spacial score (nSPS) is 10.7. The van der Waals surface area contributed by atoms with Crippen LogP contribution in [0.25, 0.3) is 0 Å². The molecule has 0 atom stereocenters. The molecule has 1 heterocycles. The van der Waals surface area contributed by atoms with Gasteiger partial charge in [0.15, 0.2) is 0 Å². The van der Waals surface area contributed by atoms with E-state index in [2.05, 4.69) is 24.9 Å². The first-order chi connectivity index (χ1) is 8.56. The fraction of sp³-hybridized carbons (Fsp3) is 0.267. The Bertz CT molecular complexity index is 550. The molecule has 3 heteroatoms. The van der Waals surface area contributed by atoms with E-state index in [0.717, 1.165) is 11.3 Å². The Balaban J connectivity index is 2.23. The second kappa shape index (κ2) is 5.08. The molecule has 0 saturated carbocycles. The number of benzene rings is 1. The molecule has 0 aliphatic heterocycles. The topological polar surface area (TPSA) is 48.1 Å². The van der Waals surface area contributed by atoms with Crippen LogP contribution in [-0.2, 0) is 0 Å². The summed E-state index contributed by atoms with van der Waals surface area (Å²) < 4.78 is 5.74. The van der Waals surface area contributed by atoms with Crippen LogP contribution in [0.3, 0.4) is 0 Å². The van der Waals surface area contributed by atoms with Crippen molar-refractivity contribution in [3.8, 4) is 11.6 Å². The van der Waals surface area contributed by atoms with E-state index in [9.17, 15) is 0 Å². The molecule has 1 aromatic carbocycles. The van der Waals surface area contributed by atoms with Crippen molar-refractivity contribution in [3.05, 3.63) is 47.7 Å². The highest BCUT2D eigenvalue weighted by molar-refractivity contribution is 5.46. The predicted molar refractivity (Wildman–Crippen MR) is 74.0 cm³/mol. The largest absolute Gasteiger partial charge is 0.439 e. The number of aryl methyl sites for hydroxylation is 1. The molecule has 0 spiro atoms. The first kappa shape index (κ1) is 12.4. The number of ether oxygens (including phenoxy) is 1. The Morgan fingerprint density at radius 3 is 2.67 bits per heavy atom. The van der Waals surface area contributed by atoms with Crippen LogP contribution in [0, 0.1) is 6.92 Å². The molecule has 0 bridgehead atoms. The fourth-order valence-corrected chi connectivity index (χ4v) is 1.65. The molecule has 2 rings (SSSR count).